The highest BCUT2D eigenvalue weighted by Crippen LogP contribution is 2.25. The summed E-state index contributed by atoms with van der Waals surface area (Å²) >= 11 is 0. The Balaban J connectivity index is 3.07. The van der Waals surface area contributed by atoms with E-state index in [0.29, 0.717) is 25.3 Å². The first-order chi connectivity index (χ1) is 11.9. The molecule has 1 amide bonds. The van der Waals surface area contributed by atoms with E-state index in [2.05, 4.69) is 4.57 Å². The molecule has 0 spiro atoms. The van der Waals surface area contributed by atoms with Crippen LogP contribution in [0.5, 0.6) is 0 Å². The van der Waals surface area contributed by atoms with E-state index < -0.39 is 0 Å². The van der Waals surface area contributed by atoms with E-state index >= 15 is 0 Å². The van der Waals surface area contributed by atoms with Crippen molar-refractivity contribution in [2.75, 3.05) is 33.9 Å². The van der Waals surface area contributed by atoms with Crippen LogP contribution in [0.3, 0.4) is 0 Å². The van der Waals surface area contributed by atoms with Crippen molar-refractivity contribution in [3.8, 4) is 0 Å². The van der Waals surface area contributed by atoms with Crippen molar-refractivity contribution in [3.05, 3.63) is 28.6 Å². The first-order valence-electron chi connectivity index (χ1n) is 8.67. The maximum atomic E-state index is 12.3. The third kappa shape index (κ3) is 5.19. The number of ether oxygens (including phenoxy) is 2. The molecule has 0 aliphatic rings. The number of hydrogen-bond acceptors (Lipinski definition) is 4. The Morgan fingerprint density at radius 3 is 2.44 bits per heavy atom. The zero-order valence-electron chi connectivity index (χ0n) is 16.2. The number of hydrogen-bond donors (Lipinski definition) is 0. The Kier molecular flexibility index (Phi) is 8.41. The fourth-order valence-electron chi connectivity index (χ4n) is 2.89. The summed E-state index contributed by atoms with van der Waals surface area (Å²) in [7, 11) is 3.39. The summed E-state index contributed by atoms with van der Waals surface area (Å²) in [5, 5.41) is 0. The molecule has 0 aliphatic heterocycles. The van der Waals surface area contributed by atoms with Crippen LogP contribution in [0.25, 0.3) is 6.08 Å². The lowest BCUT2D eigenvalue weighted by Crippen LogP contribution is -2.26. The van der Waals surface area contributed by atoms with Crippen LogP contribution in [0.4, 0.5) is 0 Å². The number of esters is 1. The van der Waals surface area contributed by atoms with Crippen molar-refractivity contribution in [1.29, 1.82) is 0 Å². The topological polar surface area (TPSA) is 60.8 Å². The quantitative estimate of drug-likeness (QED) is 0.390. The smallest absolute Gasteiger partial charge is 0.340 e. The van der Waals surface area contributed by atoms with Gasteiger partial charge in [0.05, 0.1) is 12.2 Å². The number of aromatic nitrogens is 1. The second-order valence-electron chi connectivity index (χ2n) is 5.86. The van der Waals surface area contributed by atoms with E-state index in [0.717, 1.165) is 29.9 Å². The van der Waals surface area contributed by atoms with Gasteiger partial charge in [-0.05, 0) is 40.2 Å². The van der Waals surface area contributed by atoms with E-state index in [1.165, 1.54) is 6.08 Å². The average Bonchev–Trinajstić information content (AvgIpc) is 2.82. The summed E-state index contributed by atoms with van der Waals surface area (Å²) in [5.74, 6) is -0.455. The van der Waals surface area contributed by atoms with Crippen LogP contribution >= 0.6 is 0 Å². The maximum Gasteiger partial charge on any atom is 0.340 e. The normalized spacial score (nSPS) is 11.1. The van der Waals surface area contributed by atoms with Crippen molar-refractivity contribution in [3.63, 3.8) is 0 Å². The highest BCUT2D eigenvalue weighted by molar-refractivity contribution is 5.98. The van der Waals surface area contributed by atoms with Crippen molar-refractivity contribution in [2.45, 2.75) is 40.7 Å². The molecule has 0 radical (unpaired) electrons. The van der Waals surface area contributed by atoms with Crippen molar-refractivity contribution in [2.24, 2.45) is 0 Å². The summed E-state index contributed by atoms with van der Waals surface area (Å²) in [6.07, 6.45) is 4.01. The Hall–Kier alpha value is -2.08. The number of nitrogens with zero attached hydrogens (tertiary/aromatic N) is 2. The van der Waals surface area contributed by atoms with Crippen molar-refractivity contribution in [1.82, 2.24) is 9.47 Å². The number of methoxy groups -OCH3 is 1. The first-order valence-corrected chi connectivity index (χ1v) is 8.67. The molecule has 0 bridgehead atoms. The van der Waals surface area contributed by atoms with Gasteiger partial charge in [0.1, 0.15) is 0 Å². The Labute approximate surface area is 150 Å². The number of likely N-dealkylation sites (N-methyl/N-ethyl adjacent to an activating group) is 1. The number of rotatable bonds is 9. The standard InChI is InChI=1S/C19H30N2O4/c1-7-21-14(3)16(18(15(21)4)19(23)25-8-2)10-11-17(22)20(5)12-9-13-24-6/h10-11H,7-9,12-13H2,1-6H3/b11-10+. The molecule has 0 saturated heterocycles. The van der Waals surface area contributed by atoms with Gasteiger partial charge in [0.15, 0.2) is 0 Å². The van der Waals surface area contributed by atoms with Gasteiger partial charge in [-0.1, -0.05) is 0 Å². The van der Waals surface area contributed by atoms with Crippen LogP contribution < -0.4 is 0 Å². The van der Waals surface area contributed by atoms with Crippen LogP contribution in [-0.4, -0.2) is 55.3 Å². The van der Waals surface area contributed by atoms with E-state index in [1.807, 2.05) is 20.8 Å². The van der Waals surface area contributed by atoms with Gasteiger partial charge in [-0.2, -0.15) is 0 Å². The molecule has 0 unspecified atom stereocenters. The zero-order valence-corrected chi connectivity index (χ0v) is 16.2. The highest BCUT2D eigenvalue weighted by atomic mass is 16.5. The summed E-state index contributed by atoms with van der Waals surface area (Å²) in [4.78, 5) is 26.2. The predicted octanol–water partition coefficient (Wildman–Crippen LogP) is 2.81. The second-order valence-corrected chi connectivity index (χ2v) is 5.86. The summed E-state index contributed by atoms with van der Waals surface area (Å²) in [5.41, 5.74) is 3.09. The fourth-order valence-corrected chi connectivity index (χ4v) is 2.89. The lowest BCUT2D eigenvalue weighted by atomic mass is 10.1. The van der Waals surface area contributed by atoms with Gasteiger partial charge in [-0.3, -0.25) is 4.79 Å². The molecule has 25 heavy (non-hydrogen) atoms. The monoisotopic (exact) mass is 350 g/mol. The average molecular weight is 350 g/mol. The molecule has 140 valence electrons. The highest BCUT2D eigenvalue weighted by Gasteiger charge is 2.22. The van der Waals surface area contributed by atoms with Gasteiger partial charge >= 0.3 is 5.97 Å². The maximum absolute atomic E-state index is 12.3. The molecule has 0 aliphatic carbocycles. The van der Waals surface area contributed by atoms with Gasteiger partial charge in [-0.15, -0.1) is 0 Å². The minimum Gasteiger partial charge on any atom is -0.462 e. The van der Waals surface area contributed by atoms with Gasteiger partial charge in [0, 0.05) is 56.9 Å². The SMILES string of the molecule is CCOC(=O)c1c(/C=C/C(=O)N(C)CCCOC)c(C)n(CC)c1C. The third-order valence-corrected chi connectivity index (χ3v) is 4.24. The fraction of sp³-hybridized carbons (Fsp3) is 0.579. The van der Waals surface area contributed by atoms with Crippen LogP contribution in [0.1, 0.15) is 47.6 Å². The van der Waals surface area contributed by atoms with Crippen molar-refractivity contribution >= 4 is 18.0 Å². The molecule has 1 aromatic heterocycles. The number of carbonyl (C=O) groups is 2. The van der Waals surface area contributed by atoms with Crippen LogP contribution in [-0.2, 0) is 20.8 Å². The Bertz CT molecular complexity index is 632. The van der Waals surface area contributed by atoms with Gasteiger partial charge in [0.25, 0.3) is 0 Å². The van der Waals surface area contributed by atoms with Gasteiger partial charge in [-0.25, -0.2) is 4.79 Å². The summed E-state index contributed by atoms with van der Waals surface area (Å²) in [6.45, 7) is 9.97. The lowest BCUT2D eigenvalue weighted by Gasteiger charge is -2.14. The molecule has 0 aromatic carbocycles. The zero-order chi connectivity index (χ0) is 19.0. The number of amides is 1. The predicted molar refractivity (Wildman–Crippen MR) is 98.7 cm³/mol. The summed E-state index contributed by atoms with van der Waals surface area (Å²) < 4.78 is 12.2. The van der Waals surface area contributed by atoms with Gasteiger partial charge < -0.3 is 18.9 Å². The van der Waals surface area contributed by atoms with Crippen molar-refractivity contribution < 1.29 is 19.1 Å². The lowest BCUT2D eigenvalue weighted by molar-refractivity contribution is -0.124. The molecule has 1 heterocycles. The molecular weight excluding hydrogens is 320 g/mol. The van der Waals surface area contributed by atoms with Crippen LogP contribution in [0.2, 0.25) is 0 Å². The Morgan fingerprint density at radius 1 is 1.20 bits per heavy atom. The minimum absolute atomic E-state index is 0.104. The molecule has 0 fully saturated rings. The minimum atomic E-state index is -0.351. The van der Waals surface area contributed by atoms with E-state index in [-0.39, 0.29) is 11.9 Å². The molecular formula is C19H30N2O4. The van der Waals surface area contributed by atoms with Crippen LogP contribution in [0, 0.1) is 13.8 Å². The Morgan fingerprint density at radius 2 is 1.88 bits per heavy atom. The third-order valence-electron chi connectivity index (χ3n) is 4.24. The molecule has 6 heteroatoms. The van der Waals surface area contributed by atoms with E-state index in [9.17, 15) is 9.59 Å². The largest absolute Gasteiger partial charge is 0.462 e. The molecule has 0 N–H and O–H groups in total. The number of carbonyl (C=O) groups excluding carboxylic acids is 2. The molecule has 1 rings (SSSR count). The van der Waals surface area contributed by atoms with E-state index in [4.69, 9.17) is 9.47 Å². The van der Waals surface area contributed by atoms with Gasteiger partial charge in [0.2, 0.25) is 5.91 Å². The molecule has 0 saturated carbocycles. The summed E-state index contributed by atoms with van der Waals surface area (Å²) in [6, 6.07) is 0. The first kappa shape index (κ1) is 21.0. The molecule has 1 aromatic rings. The molecule has 0 atom stereocenters. The van der Waals surface area contributed by atoms with E-state index in [1.54, 1.807) is 32.1 Å². The second kappa shape index (κ2) is 10.0. The van der Waals surface area contributed by atoms with Crippen LogP contribution in [0.15, 0.2) is 6.08 Å². The molecule has 6 nitrogen and oxygen atoms in total.